The van der Waals surface area contributed by atoms with Gasteiger partial charge in [-0.25, -0.2) is 0 Å². The fourth-order valence-corrected chi connectivity index (χ4v) is 3.63. The van der Waals surface area contributed by atoms with E-state index in [0.717, 1.165) is 0 Å². The highest BCUT2D eigenvalue weighted by atomic mass is 16.5. The number of aliphatic hydroxyl groups excluding tert-OH is 1. The standard InChI is InChI=1S/C23H20N2O6/c1-13-11-18(24-31-13)25-20(15-9-10-16(29-2)17(12-15)30-3)19(22(27)23(25)28)21(26)14-7-5-4-6-8-14/h4-12,20,26H,1-3H3/b21-19+/t20-/m1/s1. The zero-order valence-corrected chi connectivity index (χ0v) is 17.2. The molecule has 1 aliphatic heterocycles. The van der Waals surface area contributed by atoms with Gasteiger partial charge < -0.3 is 19.1 Å². The number of hydrogen-bond acceptors (Lipinski definition) is 7. The minimum absolute atomic E-state index is 0.0518. The molecule has 1 amide bonds. The van der Waals surface area contributed by atoms with Gasteiger partial charge in [0.2, 0.25) is 0 Å². The van der Waals surface area contributed by atoms with Crippen molar-refractivity contribution in [3.8, 4) is 11.5 Å². The van der Waals surface area contributed by atoms with Crippen LogP contribution in [0.1, 0.15) is 22.9 Å². The van der Waals surface area contributed by atoms with E-state index in [1.54, 1.807) is 61.5 Å². The van der Waals surface area contributed by atoms with Gasteiger partial charge in [0.05, 0.1) is 25.8 Å². The fraction of sp³-hybridized carbons (Fsp3) is 0.174. The number of anilines is 1. The summed E-state index contributed by atoms with van der Waals surface area (Å²) in [6, 6.07) is 14.2. The predicted octanol–water partition coefficient (Wildman–Crippen LogP) is 3.63. The van der Waals surface area contributed by atoms with E-state index in [4.69, 9.17) is 14.0 Å². The van der Waals surface area contributed by atoms with E-state index in [0.29, 0.717) is 28.4 Å². The number of carbonyl (C=O) groups excluding carboxylic acids is 2. The number of ketones is 1. The zero-order chi connectivity index (χ0) is 22.1. The Hall–Kier alpha value is -4.07. The molecule has 8 nitrogen and oxygen atoms in total. The summed E-state index contributed by atoms with van der Waals surface area (Å²) in [7, 11) is 3.00. The van der Waals surface area contributed by atoms with E-state index in [1.807, 2.05) is 0 Å². The van der Waals surface area contributed by atoms with Crippen molar-refractivity contribution >= 4 is 23.3 Å². The predicted molar refractivity (Wildman–Crippen MR) is 112 cm³/mol. The Bertz CT molecular complexity index is 1180. The van der Waals surface area contributed by atoms with Crippen LogP contribution in [0.3, 0.4) is 0 Å². The number of aromatic nitrogens is 1. The van der Waals surface area contributed by atoms with Gasteiger partial charge in [-0.2, -0.15) is 0 Å². The Balaban J connectivity index is 1.96. The van der Waals surface area contributed by atoms with Gasteiger partial charge >= 0.3 is 5.91 Å². The molecule has 158 valence electrons. The minimum atomic E-state index is -0.940. The van der Waals surface area contributed by atoms with E-state index in [9.17, 15) is 14.7 Å². The molecule has 0 saturated carbocycles. The van der Waals surface area contributed by atoms with E-state index in [2.05, 4.69) is 5.16 Å². The summed E-state index contributed by atoms with van der Waals surface area (Å²) >= 11 is 0. The van der Waals surface area contributed by atoms with Gasteiger partial charge in [0.25, 0.3) is 5.78 Å². The van der Waals surface area contributed by atoms with E-state index in [1.165, 1.54) is 19.1 Å². The molecule has 1 atom stereocenters. The largest absolute Gasteiger partial charge is 0.507 e. The number of aryl methyl sites for hydroxylation is 1. The van der Waals surface area contributed by atoms with Gasteiger partial charge in [0, 0.05) is 11.6 Å². The summed E-state index contributed by atoms with van der Waals surface area (Å²) < 4.78 is 15.8. The van der Waals surface area contributed by atoms with Crippen LogP contribution >= 0.6 is 0 Å². The summed E-state index contributed by atoms with van der Waals surface area (Å²) in [6.45, 7) is 1.68. The van der Waals surface area contributed by atoms with Crippen LogP contribution in [0.2, 0.25) is 0 Å². The molecule has 0 aliphatic carbocycles. The number of amides is 1. The molecule has 2 heterocycles. The molecule has 1 aliphatic rings. The number of aliphatic hydroxyl groups is 1. The van der Waals surface area contributed by atoms with E-state index in [-0.39, 0.29) is 17.2 Å². The van der Waals surface area contributed by atoms with Gasteiger partial charge in [0.15, 0.2) is 17.3 Å². The van der Waals surface area contributed by atoms with Crippen molar-refractivity contribution < 1.29 is 28.7 Å². The number of hydrogen-bond donors (Lipinski definition) is 1. The third kappa shape index (κ3) is 3.42. The molecule has 2 aromatic carbocycles. The molecule has 0 unspecified atom stereocenters. The molecule has 0 spiro atoms. The lowest BCUT2D eigenvalue weighted by Crippen LogP contribution is -2.29. The van der Waals surface area contributed by atoms with Crippen molar-refractivity contribution in [1.29, 1.82) is 0 Å². The first-order valence-corrected chi connectivity index (χ1v) is 9.48. The highest BCUT2D eigenvalue weighted by Crippen LogP contribution is 2.43. The lowest BCUT2D eigenvalue weighted by Gasteiger charge is -2.23. The Morgan fingerprint density at radius 3 is 2.35 bits per heavy atom. The number of Topliss-reactive ketones (excluding diaryl/α,β-unsaturated/α-hetero) is 1. The van der Waals surface area contributed by atoms with Gasteiger partial charge in [-0.15, -0.1) is 0 Å². The summed E-state index contributed by atoms with van der Waals surface area (Å²) in [5, 5.41) is 14.9. The van der Waals surface area contributed by atoms with Crippen molar-refractivity contribution in [3.63, 3.8) is 0 Å². The van der Waals surface area contributed by atoms with Crippen molar-refractivity contribution in [1.82, 2.24) is 5.16 Å². The minimum Gasteiger partial charge on any atom is -0.507 e. The van der Waals surface area contributed by atoms with E-state index >= 15 is 0 Å². The summed E-state index contributed by atoms with van der Waals surface area (Å²) in [6.07, 6.45) is 0. The van der Waals surface area contributed by atoms with Crippen LogP contribution in [0.4, 0.5) is 5.82 Å². The molecule has 1 aromatic heterocycles. The Morgan fingerprint density at radius 2 is 1.74 bits per heavy atom. The maximum absolute atomic E-state index is 13.0. The van der Waals surface area contributed by atoms with E-state index < -0.39 is 17.7 Å². The number of methoxy groups -OCH3 is 2. The maximum atomic E-state index is 13.0. The molecule has 0 bridgehead atoms. The van der Waals surface area contributed by atoms with Gasteiger partial charge in [-0.3, -0.25) is 14.5 Å². The van der Waals surface area contributed by atoms with Crippen LogP contribution < -0.4 is 14.4 Å². The molecule has 3 aromatic rings. The Labute approximate surface area is 178 Å². The first kappa shape index (κ1) is 20.2. The molecule has 31 heavy (non-hydrogen) atoms. The second-order valence-electron chi connectivity index (χ2n) is 6.95. The molecular formula is C23H20N2O6. The summed E-state index contributed by atoms with van der Waals surface area (Å²) in [4.78, 5) is 27.3. The maximum Gasteiger partial charge on any atom is 0.301 e. The van der Waals surface area contributed by atoms with Crippen LogP contribution in [0.25, 0.3) is 5.76 Å². The van der Waals surface area contributed by atoms with Crippen molar-refractivity contribution in [3.05, 3.63) is 77.1 Å². The second kappa shape index (κ2) is 7.98. The van der Waals surface area contributed by atoms with Crippen LogP contribution in [-0.4, -0.2) is 36.2 Å². The number of benzene rings is 2. The van der Waals surface area contributed by atoms with Crippen molar-refractivity contribution in [2.45, 2.75) is 13.0 Å². The third-order valence-corrected chi connectivity index (χ3v) is 5.08. The number of rotatable bonds is 5. The smallest absolute Gasteiger partial charge is 0.301 e. The topological polar surface area (TPSA) is 102 Å². The number of carbonyl (C=O) groups is 2. The average Bonchev–Trinajstić information content (AvgIpc) is 3.34. The SMILES string of the molecule is COc1ccc([C@@H]2/C(=C(\O)c3ccccc3)C(=O)C(=O)N2c2cc(C)on2)cc1OC. The monoisotopic (exact) mass is 420 g/mol. The second-order valence-corrected chi connectivity index (χ2v) is 6.95. The molecule has 8 heteroatoms. The first-order valence-electron chi connectivity index (χ1n) is 9.48. The normalized spacial score (nSPS) is 17.8. The number of ether oxygens (including phenoxy) is 2. The Morgan fingerprint density at radius 1 is 1.03 bits per heavy atom. The molecular weight excluding hydrogens is 400 g/mol. The summed E-state index contributed by atoms with van der Waals surface area (Å²) in [5.41, 5.74) is 0.904. The first-order chi connectivity index (χ1) is 15.0. The fourth-order valence-electron chi connectivity index (χ4n) is 3.63. The van der Waals surface area contributed by atoms with Crippen LogP contribution in [-0.2, 0) is 9.59 Å². The van der Waals surface area contributed by atoms with Gasteiger partial charge in [-0.1, -0.05) is 41.6 Å². The van der Waals surface area contributed by atoms with Crippen LogP contribution in [0.5, 0.6) is 11.5 Å². The zero-order valence-electron chi connectivity index (χ0n) is 17.2. The third-order valence-electron chi connectivity index (χ3n) is 5.08. The van der Waals surface area contributed by atoms with Crippen LogP contribution in [0.15, 0.2) is 64.7 Å². The highest BCUT2D eigenvalue weighted by Gasteiger charge is 2.48. The summed E-state index contributed by atoms with van der Waals surface area (Å²) in [5.74, 6) is -0.350. The lowest BCUT2D eigenvalue weighted by molar-refractivity contribution is -0.132. The lowest BCUT2D eigenvalue weighted by atomic mass is 9.95. The van der Waals surface area contributed by atoms with Crippen LogP contribution in [0, 0.1) is 6.92 Å². The molecule has 0 radical (unpaired) electrons. The molecule has 1 N–H and O–H groups in total. The highest BCUT2D eigenvalue weighted by molar-refractivity contribution is 6.51. The van der Waals surface area contributed by atoms with Crippen molar-refractivity contribution in [2.24, 2.45) is 0 Å². The Kier molecular flexibility index (Phi) is 5.21. The quantitative estimate of drug-likeness (QED) is 0.382. The molecule has 1 fully saturated rings. The molecule has 1 saturated heterocycles. The average molecular weight is 420 g/mol. The van der Waals surface area contributed by atoms with Gasteiger partial charge in [-0.05, 0) is 24.6 Å². The number of nitrogens with zero attached hydrogens (tertiary/aromatic N) is 2. The van der Waals surface area contributed by atoms with Gasteiger partial charge in [0.1, 0.15) is 11.5 Å². The van der Waals surface area contributed by atoms with Crippen molar-refractivity contribution in [2.75, 3.05) is 19.1 Å². The molecule has 4 rings (SSSR count).